The van der Waals surface area contributed by atoms with E-state index >= 15 is 0 Å². The maximum atomic E-state index is 5.77. The summed E-state index contributed by atoms with van der Waals surface area (Å²) in [6, 6.07) is 16.3. The van der Waals surface area contributed by atoms with Crippen molar-refractivity contribution < 1.29 is 4.74 Å². The van der Waals surface area contributed by atoms with E-state index in [1.165, 1.54) is 22.0 Å². The third-order valence-electron chi connectivity index (χ3n) is 3.06. The Bertz CT molecular complexity index is 655. The Kier molecular flexibility index (Phi) is 2.77. The van der Waals surface area contributed by atoms with E-state index in [1.54, 1.807) is 0 Å². The minimum Gasteiger partial charge on any atom is -0.489 e. The SMILES string of the molecule is Cc1ccc2c(COc3ccccc3)c[nH]c2c1. The van der Waals surface area contributed by atoms with Gasteiger partial charge in [-0.15, -0.1) is 0 Å². The molecule has 0 spiro atoms. The van der Waals surface area contributed by atoms with Gasteiger partial charge in [-0.2, -0.15) is 0 Å². The second-order valence-electron chi connectivity index (χ2n) is 4.46. The highest BCUT2D eigenvalue weighted by Crippen LogP contribution is 2.21. The summed E-state index contributed by atoms with van der Waals surface area (Å²) in [5.74, 6) is 0.902. The summed E-state index contributed by atoms with van der Waals surface area (Å²) >= 11 is 0. The number of ether oxygens (including phenoxy) is 1. The molecule has 1 N–H and O–H groups in total. The van der Waals surface area contributed by atoms with Gasteiger partial charge in [-0.3, -0.25) is 0 Å². The van der Waals surface area contributed by atoms with Gasteiger partial charge in [0.25, 0.3) is 0 Å². The van der Waals surface area contributed by atoms with Gasteiger partial charge in [0.1, 0.15) is 12.4 Å². The fraction of sp³-hybridized carbons (Fsp3) is 0.125. The Morgan fingerprint density at radius 1 is 1.06 bits per heavy atom. The molecule has 0 fully saturated rings. The molecule has 18 heavy (non-hydrogen) atoms. The zero-order valence-corrected chi connectivity index (χ0v) is 10.3. The van der Waals surface area contributed by atoms with Crippen LogP contribution in [0, 0.1) is 6.92 Å². The maximum Gasteiger partial charge on any atom is 0.119 e. The molecule has 0 saturated carbocycles. The summed E-state index contributed by atoms with van der Waals surface area (Å²) in [7, 11) is 0. The van der Waals surface area contributed by atoms with E-state index in [0.717, 1.165) is 5.75 Å². The highest BCUT2D eigenvalue weighted by atomic mass is 16.5. The average molecular weight is 237 g/mol. The number of hydrogen-bond acceptors (Lipinski definition) is 1. The van der Waals surface area contributed by atoms with Gasteiger partial charge in [-0.25, -0.2) is 0 Å². The van der Waals surface area contributed by atoms with Gasteiger partial charge < -0.3 is 9.72 Å². The van der Waals surface area contributed by atoms with Crippen molar-refractivity contribution in [1.29, 1.82) is 0 Å². The van der Waals surface area contributed by atoms with E-state index in [2.05, 4.69) is 30.1 Å². The Morgan fingerprint density at radius 2 is 1.89 bits per heavy atom. The van der Waals surface area contributed by atoms with E-state index in [1.807, 2.05) is 36.5 Å². The molecule has 90 valence electrons. The predicted octanol–water partition coefficient (Wildman–Crippen LogP) is 4.06. The summed E-state index contributed by atoms with van der Waals surface area (Å²) in [4.78, 5) is 3.29. The van der Waals surface area contributed by atoms with Crippen LogP contribution in [0.1, 0.15) is 11.1 Å². The van der Waals surface area contributed by atoms with Crippen LogP contribution in [0.2, 0.25) is 0 Å². The summed E-state index contributed by atoms with van der Waals surface area (Å²) in [5, 5.41) is 1.23. The van der Waals surface area contributed by atoms with Crippen LogP contribution in [0.5, 0.6) is 5.75 Å². The van der Waals surface area contributed by atoms with Gasteiger partial charge in [-0.05, 0) is 30.7 Å². The van der Waals surface area contributed by atoms with Crippen LogP contribution in [0.3, 0.4) is 0 Å². The van der Waals surface area contributed by atoms with Crippen molar-refractivity contribution in [3.63, 3.8) is 0 Å². The van der Waals surface area contributed by atoms with E-state index < -0.39 is 0 Å². The molecule has 3 aromatic rings. The number of hydrogen-bond donors (Lipinski definition) is 1. The number of fused-ring (bicyclic) bond motifs is 1. The largest absolute Gasteiger partial charge is 0.489 e. The molecular formula is C16H15NO. The average Bonchev–Trinajstić information content (AvgIpc) is 2.80. The van der Waals surface area contributed by atoms with Crippen molar-refractivity contribution in [2.24, 2.45) is 0 Å². The zero-order chi connectivity index (χ0) is 12.4. The van der Waals surface area contributed by atoms with Crippen LogP contribution in [0.25, 0.3) is 10.9 Å². The third kappa shape index (κ3) is 2.09. The number of rotatable bonds is 3. The van der Waals surface area contributed by atoms with Crippen molar-refractivity contribution in [2.45, 2.75) is 13.5 Å². The molecule has 3 rings (SSSR count). The number of nitrogens with one attached hydrogen (secondary N) is 1. The molecule has 0 aliphatic heterocycles. The van der Waals surface area contributed by atoms with Crippen LogP contribution in [-0.2, 0) is 6.61 Å². The summed E-state index contributed by atoms with van der Waals surface area (Å²) in [6.45, 7) is 2.69. The topological polar surface area (TPSA) is 25.0 Å². The molecule has 0 unspecified atom stereocenters. The second kappa shape index (κ2) is 4.57. The van der Waals surface area contributed by atoms with Gasteiger partial charge in [-0.1, -0.05) is 30.3 Å². The first kappa shape index (κ1) is 10.9. The molecule has 0 amide bonds. The third-order valence-corrected chi connectivity index (χ3v) is 3.06. The van der Waals surface area contributed by atoms with Crippen LogP contribution in [0.15, 0.2) is 54.7 Å². The van der Waals surface area contributed by atoms with E-state index in [0.29, 0.717) is 6.61 Å². The molecule has 0 aliphatic rings. The normalized spacial score (nSPS) is 10.7. The quantitative estimate of drug-likeness (QED) is 0.730. The van der Waals surface area contributed by atoms with Crippen LogP contribution in [-0.4, -0.2) is 4.98 Å². The summed E-state index contributed by atoms with van der Waals surface area (Å²) in [5.41, 5.74) is 3.62. The lowest BCUT2D eigenvalue weighted by Crippen LogP contribution is -1.93. The lowest BCUT2D eigenvalue weighted by Gasteiger charge is -2.04. The molecule has 0 aliphatic carbocycles. The minimum atomic E-state index is 0.590. The molecule has 2 heteroatoms. The first-order valence-electron chi connectivity index (χ1n) is 6.07. The monoisotopic (exact) mass is 237 g/mol. The molecule has 1 aromatic heterocycles. The molecule has 2 aromatic carbocycles. The number of aromatic amines is 1. The van der Waals surface area contributed by atoms with Gasteiger partial charge in [0, 0.05) is 22.7 Å². The van der Waals surface area contributed by atoms with E-state index in [-0.39, 0.29) is 0 Å². The lowest BCUT2D eigenvalue weighted by atomic mass is 10.1. The van der Waals surface area contributed by atoms with Gasteiger partial charge in [0.15, 0.2) is 0 Å². The van der Waals surface area contributed by atoms with Gasteiger partial charge in [0.05, 0.1) is 0 Å². The second-order valence-corrected chi connectivity index (χ2v) is 4.46. The molecule has 0 saturated heterocycles. The highest BCUT2D eigenvalue weighted by molar-refractivity contribution is 5.83. The lowest BCUT2D eigenvalue weighted by molar-refractivity contribution is 0.307. The number of benzene rings is 2. The van der Waals surface area contributed by atoms with E-state index in [4.69, 9.17) is 4.74 Å². The van der Waals surface area contributed by atoms with Gasteiger partial charge in [0.2, 0.25) is 0 Å². The fourth-order valence-corrected chi connectivity index (χ4v) is 2.10. The highest BCUT2D eigenvalue weighted by Gasteiger charge is 2.04. The van der Waals surface area contributed by atoms with Crippen LogP contribution in [0.4, 0.5) is 0 Å². The summed E-state index contributed by atoms with van der Waals surface area (Å²) < 4.78 is 5.77. The predicted molar refractivity (Wildman–Crippen MR) is 73.8 cm³/mol. The number of para-hydroxylation sites is 1. The number of H-pyrrole nitrogens is 1. The molecule has 0 radical (unpaired) electrons. The van der Waals surface area contributed by atoms with Crippen molar-refractivity contribution >= 4 is 10.9 Å². The number of aromatic nitrogens is 1. The molecule has 0 bridgehead atoms. The Labute approximate surface area is 106 Å². The standard InChI is InChI=1S/C16H15NO/c1-12-7-8-15-13(10-17-16(15)9-12)11-18-14-5-3-2-4-6-14/h2-10,17H,11H2,1H3. The van der Waals surface area contributed by atoms with Crippen molar-refractivity contribution in [3.8, 4) is 5.75 Å². The van der Waals surface area contributed by atoms with Crippen molar-refractivity contribution in [1.82, 2.24) is 4.98 Å². The molecular weight excluding hydrogens is 222 g/mol. The van der Waals surface area contributed by atoms with Crippen LogP contribution < -0.4 is 4.74 Å². The van der Waals surface area contributed by atoms with Crippen molar-refractivity contribution in [3.05, 3.63) is 65.9 Å². The molecule has 2 nitrogen and oxygen atoms in total. The Balaban J connectivity index is 1.83. The Hall–Kier alpha value is -2.22. The molecule has 1 heterocycles. The first-order valence-corrected chi connectivity index (χ1v) is 6.07. The smallest absolute Gasteiger partial charge is 0.119 e. The van der Waals surface area contributed by atoms with Crippen LogP contribution >= 0.6 is 0 Å². The number of aryl methyl sites for hydroxylation is 1. The van der Waals surface area contributed by atoms with E-state index in [9.17, 15) is 0 Å². The van der Waals surface area contributed by atoms with Crippen molar-refractivity contribution in [2.75, 3.05) is 0 Å². The maximum absolute atomic E-state index is 5.77. The summed E-state index contributed by atoms with van der Waals surface area (Å²) in [6.07, 6.45) is 2.02. The fourth-order valence-electron chi connectivity index (χ4n) is 2.10. The van der Waals surface area contributed by atoms with Gasteiger partial charge >= 0.3 is 0 Å². The molecule has 0 atom stereocenters. The zero-order valence-electron chi connectivity index (χ0n) is 10.3. The minimum absolute atomic E-state index is 0.590. The first-order chi connectivity index (χ1) is 8.83. The Morgan fingerprint density at radius 3 is 2.72 bits per heavy atom.